The number of methoxy groups -OCH3 is 1. The Bertz CT molecular complexity index is 561. The molecule has 17 heavy (non-hydrogen) atoms. The zero-order valence-corrected chi connectivity index (χ0v) is 9.68. The second-order valence-corrected chi connectivity index (χ2v) is 3.64. The first-order valence-electron chi connectivity index (χ1n) is 5.08. The maximum Gasteiger partial charge on any atom is 0.150 e. The normalized spacial score (nSPS) is 10.2. The number of benzene rings is 1. The van der Waals surface area contributed by atoms with Gasteiger partial charge in [0, 0.05) is 23.7 Å². The maximum atomic E-state index is 11.0. The van der Waals surface area contributed by atoms with Gasteiger partial charge in [0.1, 0.15) is 11.6 Å². The van der Waals surface area contributed by atoms with E-state index in [9.17, 15) is 4.79 Å². The fourth-order valence-corrected chi connectivity index (χ4v) is 1.65. The number of hydrogen-bond donors (Lipinski definition) is 1. The molecule has 0 spiro atoms. The summed E-state index contributed by atoms with van der Waals surface area (Å²) in [6, 6.07) is 5.21. The number of carbonyl (C=O) groups is 1. The van der Waals surface area contributed by atoms with Crippen molar-refractivity contribution in [3.05, 3.63) is 30.0 Å². The Kier molecular flexibility index (Phi) is 2.82. The number of nitrogen functional groups attached to an aromatic ring is 1. The van der Waals surface area contributed by atoms with Gasteiger partial charge in [-0.1, -0.05) is 0 Å². The highest BCUT2D eigenvalue weighted by atomic mass is 16.5. The molecule has 2 N–H and O–H groups in total. The molecule has 0 bridgehead atoms. The summed E-state index contributed by atoms with van der Waals surface area (Å²) in [7, 11) is 3.33. The number of ether oxygens (including phenoxy) is 1. The average Bonchev–Trinajstić information content (AvgIpc) is 2.69. The minimum atomic E-state index is 0.515. The Labute approximate surface area is 98.8 Å². The van der Waals surface area contributed by atoms with E-state index in [0.717, 1.165) is 17.4 Å². The summed E-state index contributed by atoms with van der Waals surface area (Å²) in [5, 5.41) is 4.06. The molecule has 0 amide bonds. The van der Waals surface area contributed by atoms with Gasteiger partial charge >= 0.3 is 0 Å². The summed E-state index contributed by atoms with van der Waals surface area (Å²) in [5.41, 5.74) is 7.91. The summed E-state index contributed by atoms with van der Waals surface area (Å²) in [6.07, 6.45) is 2.43. The van der Waals surface area contributed by atoms with Crippen LogP contribution in [0.1, 0.15) is 10.4 Å². The smallest absolute Gasteiger partial charge is 0.150 e. The Morgan fingerprint density at radius 1 is 1.41 bits per heavy atom. The molecule has 0 aliphatic rings. The van der Waals surface area contributed by atoms with Gasteiger partial charge in [-0.2, -0.15) is 5.10 Å². The molecule has 1 aromatic heterocycles. The first-order valence-corrected chi connectivity index (χ1v) is 5.08. The molecule has 5 nitrogen and oxygen atoms in total. The molecule has 0 radical (unpaired) electrons. The van der Waals surface area contributed by atoms with Crippen LogP contribution in [0.4, 0.5) is 5.82 Å². The third-order valence-electron chi connectivity index (χ3n) is 2.66. The van der Waals surface area contributed by atoms with E-state index >= 15 is 0 Å². The van der Waals surface area contributed by atoms with E-state index in [-0.39, 0.29) is 0 Å². The third-order valence-corrected chi connectivity index (χ3v) is 2.66. The molecular weight excluding hydrogens is 218 g/mol. The summed E-state index contributed by atoms with van der Waals surface area (Å²) in [6.45, 7) is 0. The SMILES string of the molecule is COc1ccc(C=O)c(-c2cnn(C)c2N)c1. The molecule has 1 heterocycles. The van der Waals surface area contributed by atoms with Crippen molar-refractivity contribution in [2.75, 3.05) is 12.8 Å². The average molecular weight is 231 g/mol. The molecule has 0 aliphatic heterocycles. The van der Waals surface area contributed by atoms with Gasteiger partial charge in [0.05, 0.1) is 13.3 Å². The van der Waals surface area contributed by atoms with Gasteiger partial charge in [-0.25, -0.2) is 0 Å². The van der Waals surface area contributed by atoms with Gasteiger partial charge in [0.15, 0.2) is 6.29 Å². The van der Waals surface area contributed by atoms with Crippen LogP contribution in [0.5, 0.6) is 5.75 Å². The van der Waals surface area contributed by atoms with Crippen LogP contribution in [0.25, 0.3) is 11.1 Å². The highest BCUT2D eigenvalue weighted by molar-refractivity contribution is 5.90. The van der Waals surface area contributed by atoms with Crippen molar-refractivity contribution in [2.45, 2.75) is 0 Å². The number of anilines is 1. The van der Waals surface area contributed by atoms with Gasteiger partial charge in [-0.15, -0.1) is 0 Å². The standard InChI is InChI=1S/C12H13N3O2/c1-15-12(13)11(6-14-15)10-5-9(17-2)4-3-8(10)7-16/h3-7H,13H2,1-2H3. The lowest BCUT2D eigenvalue weighted by Gasteiger charge is -2.07. The van der Waals surface area contributed by atoms with Gasteiger partial charge in [0.25, 0.3) is 0 Å². The quantitative estimate of drug-likeness (QED) is 0.812. The summed E-state index contributed by atoms with van der Waals surface area (Å²) in [5.74, 6) is 1.19. The third kappa shape index (κ3) is 1.87. The lowest BCUT2D eigenvalue weighted by molar-refractivity contribution is 0.112. The van der Waals surface area contributed by atoms with Crippen LogP contribution in [-0.2, 0) is 7.05 Å². The minimum Gasteiger partial charge on any atom is -0.497 e. The molecule has 0 aliphatic carbocycles. The van der Waals surface area contributed by atoms with Crippen LogP contribution in [0, 0.1) is 0 Å². The molecule has 2 aromatic rings. The Balaban J connectivity index is 2.64. The molecule has 0 atom stereocenters. The molecule has 88 valence electrons. The molecule has 0 saturated carbocycles. The van der Waals surface area contributed by atoms with Crippen molar-refractivity contribution in [2.24, 2.45) is 7.05 Å². The van der Waals surface area contributed by atoms with Crippen LogP contribution >= 0.6 is 0 Å². The van der Waals surface area contributed by atoms with Gasteiger partial charge in [-0.05, 0) is 18.2 Å². The number of nitrogens with zero attached hydrogens (tertiary/aromatic N) is 2. The number of nitrogens with two attached hydrogens (primary N) is 1. The predicted molar refractivity (Wildman–Crippen MR) is 65.0 cm³/mol. The highest BCUT2D eigenvalue weighted by Gasteiger charge is 2.12. The zero-order valence-electron chi connectivity index (χ0n) is 9.68. The number of rotatable bonds is 3. The fourth-order valence-electron chi connectivity index (χ4n) is 1.65. The highest BCUT2D eigenvalue weighted by Crippen LogP contribution is 2.30. The summed E-state index contributed by atoms with van der Waals surface area (Å²) in [4.78, 5) is 11.0. The van der Waals surface area contributed by atoms with Gasteiger partial charge < -0.3 is 10.5 Å². The zero-order chi connectivity index (χ0) is 12.4. The molecule has 0 fully saturated rings. The number of hydrogen-bond acceptors (Lipinski definition) is 4. The van der Waals surface area contributed by atoms with Gasteiger partial charge in [0.2, 0.25) is 0 Å². The minimum absolute atomic E-state index is 0.515. The second kappa shape index (κ2) is 4.29. The second-order valence-electron chi connectivity index (χ2n) is 3.64. The van der Waals surface area contributed by atoms with E-state index in [1.54, 1.807) is 43.2 Å². The van der Waals surface area contributed by atoms with Crippen molar-refractivity contribution in [3.63, 3.8) is 0 Å². The Morgan fingerprint density at radius 3 is 2.71 bits per heavy atom. The van der Waals surface area contributed by atoms with E-state index in [1.165, 1.54) is 0 Å². The van der Waals surface area contributed by atoms with Crippen molar-refractivity contribution in [1.82, 2.24) is 9.78 Å². The summed E-state index contributed by atoms with van der Waals surface area (Å²) >= 11 is 0. The van der Waals surface area contributed by atoms with E-state index in [4.69, 9.17) is 10.5 Å². The first kappa shape index (κ1) is 11.2. The number of aldehydes is 1. The van der Waals surface area contributed by atoms with E-state index in [1.807, 2.05) is 0 Å². The molecule has 0 saturated heterocycles. The monoisotopic (exact) mass is 231 g/mol. The van der Waals surface area contributed by atoms with E-state index < -0.39 is 0 Å². The molecule has 0 unspecified atom stereocenters. The molecule has 2 rings (SSSR count). The molecule has 1 aromatic carbocycles. The van der Waals surface area contributed by atoms with Crippen LogP contribution in [0.2, 0.25) is 0 Å². The lowest BCUT2D eigenvalue weighted by Crippen LogP contribution is -1.99. The largest absolute Gasteiger partial charge is 0.497 e. The fraction of sp³-hybridized carbons (Fsp3) is 0.167. The van der Waals surface area contributed by atoms with Crippen molar-refractivity contribution >= 4 is 12.1 Å². The first-order chi connectivity index (χ1) is 8.17. The van der Waals surface area contributed by atoms with Crippen LogP contribution < -0.4 is 10.5 Å². The lowest BCUT2D eigenvalue weighted by atomic mass is 10.0. The van der Waals surface area contributed by atoms with Crippen LogP contribution in [-0.4, -0.2) is 23.2 Å². The van der Waals surface area contributed by atoms with Crippen molar-refractivity contribution in [3.8, 4) is 16.9 Å². The van der Waals surface area contributed by atoms with Crippen molar-refractivity contribution in [1.29, 1.82) is 0 Å². The molecule has 5 heteroatoms. The van der Waals surface area contributed by atoms with Crippen LogP contribution in [0.15, 0.2) is 24.4 Å². The van der Waals surface area contributed by atoms with Crippen molar-refractivity contribution < 1.29 is 9.53 Å². The Morgan fingerprint density at radius 2 is 2.18 bits per heavy atom. The van der Waals surface area contributed by atoms with E-state index in [2.05, 4.69) is 5.10 Å². The number of aromatic nitrogens is 2. The topological polar surface area (TPSA) is 70.1 Å². The van der Waals surface area contributed by atoms with Gasteiger partial charge in [-0.3, -0.25) is 9.48 Å². The predicted octanol–water partition coefficient (Wildman–Crippen LogP) is 1.49. The van der Waals surface area contributed by atoms with Crippen LogP contribution in [0.3, 0.4) is 0 Å². The summed E-state index contributed by atoms with van der Waals surface area (Å²) < 4.78 is 6.70. The Hall–Kier alpha value is -2.30. The molecular formula is C12H13N3O2. The van der Waals surface area contributed by atoms with E-state index in [0.29, 0.717) is 17.1 Å². The number of aryl methyl sites for hydroxylation is 1. The maximum absolute atomic E-state index is 11.0. The number of carbonyl (C=O) groups excluding carboxylic acids is 1.